The van der Waals surface area contributed by atoms with Crippen molar-refractivity contribution >= 4 is 29.9 Å². The third-order valence-electron chi connectivity index (χ3n) is 7.14. The highest BCUT2D eigenvalue weighted by Gasteiger charge is 2.42. The summed E-state index contributed by atoms with van der Waals surface area (Å²) >= 11 is 0. The molecule has 5 atom stereocenters. The first-order valence-corrected chi connectivity index (χ1v) is 10.1. The van der Waals surface area contributed by atoms with Crippen molar-refractivity contribution in [2.45, 2.75) is 57.1 Å². The van der Waals surface area contributed by atoms with Crippen molar-refractivity contribution in [2.24, 2.45) is 22.7 Å². The first-order chi connectivity index (χ1) is 11.7. The number of guanidine groups is 1. The van der Waals surface area contributed by atoms with Crippen LogP contribution in [0.15, 0.2) is 4.99 Å². The average molecular weight is 462 g/mol. The second-order valence-corrected chi connectivity index (χ2v) is 8.45. The number of fused-ring (bicyclic) bond motifs is 2. The highest BCUT2D eigenvalue weighted by molar-refractivity contribution is 14.0. The molecule has 25 heavy (non-hydrogen) atoms. The van der Waals surface area contributed by atoms with Gasteiger partial charge in [-0.2, -0.15) is 0 Å². The smallest absolute Gasteiger partial charge is 0.193 e. The molecule has 1 saturated heterocycles. The maximum atomic E-state index is 9.99. The van der Waals surface area contributed by atoms with Gasteiger partial charge in [0.15, 0.2) is 5.96 Å². The summed E-state index contributed by atoms with van der Waals surface area (Å²) in [6, 6.07) is 0.870. The molecule has 0 aromatic heterocycles. The largest absolute Gasteiger partial charge is 0.393 e. The summed E-state index contributed by atoms with van der Waals surface area (Å²) in [7, 11) is 1.88. The minimum atomic E-state index is -0.120. The maximum Gasteiger partial charge on any atom is 0.193 e. The van der Waals surface area contributed by atoms with E-state index in [-0.39, 0.29) is 30.1 Å². The van der Waals surface area contributed by atoms with Crippen LogP contribution in [0.1, 0.15) is 44.9 Å². The Labute approximate surface area is 169 Å². The Kier molecular flexibility index (Phi) is 6.88. The number of rotatable bonds is 3. The topological polar surface area (TPSA) is 51.1 Å². The monoisotopic (exact) mass is 462 g/mol. The standard InChI is InChI=1S/C19H34N4O.HI/c1-20-19(21-13-16-3-2-4-18(16)24)23-9-7-22(8-10-23)17-12-14-5-6-15(17)11-14;/h14-18,24H,2-13H2,1H3,(H,20,21);1H. The van der Waals surface area contributed by atoms with Crippen molar-refractivity contribution in [3.63, 3.8) is 0 Å². The molecule has 0 radical (unpaired) electrons. The van der Waals surface area contributed by atoms with Gasteiger partial charge in [0, 0.05) is 51.7 Å². The van der Waals surface area contributed by atoms with Gasteiger partial charge in [0.1, 0.15) is 0 Å². The molecule has 3 aliphatic carbocycles. The lowest BCUT2D eigenvalue weighted by molar-refractivity contribution is 0.0951. The Morgan fingerprint density at radius 1 is 1.08 bits per heavy atom. The Bertz CT molecular complexity index is 466. The SMILES string of the molecule is CN=C(NCC1CCCC1O)N1CCN(C2CC3CCC2C3)CC1.I. The number of piperazine rings is 1. The van der Waals surface area contributed by atoms with E-state index >= 15 is 0 Å². The van der Waals surface area contributed by atoms with Crippen molar-refractivity contribution in [3.8, 4) is 0 Å². The molecule has 5 nitrogen and oxygen atoms in total. The molecule has 4 rings (SSSR count). The van der Waals surface area contributed by atoms with Crippen LogP contribution in [-0.2, 0) is 0 Å². The Hall–Kier alpha value is -0.0800. The van der Waals surface area contributed by atoms with Crippen LogP contribution in [0.2, 0.25) is 0 Å². The molecule has 1 heterocycles. The fourth-order valence-electron chi connectivity index (χ4n) is 5.73. The maximum absolute atomic E-state index is 9.99. The van der Waals surface area contributed by atoms with Crippen LogP contribution in [0.4, 0.5) is 0 Å². The number of halogens is 1. The third kappa shape index (κ3) is 4.26. The predicted octanol–water partition coefficient (Wildman–Crippen LogP) is 2.15. The molecule has 144 valence electrons. The zero-order valence-corrected chi connectivity index (χ0v) is 17.9. The fraction of sp³-hybridized carbons (Fsp3) is 0.947. The van der Waals surface area contributed by atoms with Crippen molar-refractivity contribution in [2.75, 3.05) is 39.8 Å². The van der Waals surface area contributed by atoms with E-state index in [1.807, 2.05) is 7.05 Å². The van der Waals surface area contributed by atoms with Crippen LogP contribution >= 0.6 is 24.0 Å². The number of hydrogen-bond donors (Lipinski definition) is 2. The molecule has 5 unspecified atom stereocenters. The minimum absolute atomic E-state index is 0. The van der Waals surface area contributed by atoms with E-state index in [2.05, 4.69) is 20.1 Å². The van der Waals surface area contributed by atoms with Gasteiger partial charge in [-0.05, 0) is 43.9 Å². The van der Waals surface area contributed by atoms with E-state index in [9.17, 15) is 5.11 Å². The predicted molar refractivity (Wildman–Crippen MR) is 113 cm³/mol. The Morgan fingerprint density at radius 3 is 2.44 bits per heavy atom. The first-order valence-electron chi connectivity index (χ1n) is 10.1. The van der Waals surface area contributed by atoms with E-state index < -0.39 is 0 Å². The van der Waals surface area contributed by atoms with E-state index in [1.54, 1.807) is 0 Å². The molecule has 0 aromatic rings. The summed E-state index contributed by atoms with van der Waals surface area (Å²) in [5.41, 5.74) is 0. The van der Waals surface area contributed by atoms with Crippen molar-refractivity contribution in [1.29, 1.82) is 0 Å². The minimum Gasteiger partial charge on any atom is -0.393 e. The summed E-state index contributed by atoms with van der Waals surface area (Å²) in [6.07, 6.45) is 9.07. The summed E-state index contributed by atoms with van der Waals surface area (Å²) in [5.74, 6) is 3.45. The summed E-state index contributed by atoms with van der Waals surface area (Å²) in [5, 5.41) is 13.5. The number of nitrogens with one attached hydrogen (secondary N) is 1. The number of aliphatic hydroxyl groups is 1. The molecular weight excluding hydrogens is 427 g/mol. The summed E-state index contributed by atoms with van der Waals surface area (Å²) in [6.45, 7) is 5.39. The lowest BCUT2D eigenvalue weighted by Crippen LogP contribution is -2.56. The Morgan fingerprint density at radius 2 is 1.88 bits per heavy atom. The van der Waals surface area contributed by atoms with Crippen LogP contribution in [0, 0.1) is 17.8 Å². The normalized spacial score (nSPS) is 38.9. The quantitative estimate of drug-likeness (QED) is 0.384. The summed E-state index contributed by atoms with van der Waals surface area (Å²) < 4.78 is 0. The molecule has 0 amide bonds. The van der Waals surface area contributed by atoms with E-state index in [1.165, 1.54) is 38.8 Å². The van der Waals surface area contributed by atoms with Crippen LogP contribution in [-0.4, -0.2) is 72.8 Å². The van der Waals surface area contributed by atoms with Gasteiger partial charge in [0.2, 0.25) is 0 Å². The van der Waals surface area contributed by atoms with Crippen molar-refractivity contribution in [3.05, 3.63) is 0 Å². The molecule has 0 aromatic carbocycles. The highest BCUT2D eigenvalue weighted by Crippen LogP contribution is 2.46. The molecular formula is C19H35IN4O. The average Bonchev–Trinajstić information content (AvgIpc) is 3.33. The zero-order valence-electron chi connectivity index (χ0n) is 15.6. The van der Waals surface area contributed by atoms with Gasteiger partial charge in [0.05, 0.1) is 6.10 Å². The zero-order chi connectivity index (χ0) is 16.5. The van der Waals surface area contributed by atoms with Crippen LogP contribution < -0.4 is 5.32 Å². The van der Waals surface area contributed by atoms with Crippen molar-refractivity contribution < 1.29 is 5.11 Å². The molecule has 1 aliphatic heterocycles. The van der Waals surface area contributed by atoms with Crippen LogP contribution in [0.3, 0.4) is 0 Å². The lowest BCUT2D eigenvalue weighted by atomic mass is 9.93. The van der Waals surface area contributed by atoms with E-state index in [0.717, 1.165) is 62.7 Å². The van der Waals surface area contributed by atoms with Gasteiger partial charge in [-0.1, -0.05) is 12.8 Å². The molecule has 4 fully saturated rings. The van der Waals surface area contributed by atoms with Gasteiger partial charge in [-0.25, -0.2) is 0 Å². The highest BCUT2D eigenvalue weighted by atomic mass is 127. The lowest BCUT2D eigenvalue weighted by Gasteiger charge is -2.42. The first kappa shape index (κ1) is 19.7. The Balaban J connectivity index is 0.00000182. The molecule has 0 spiro atoms. The van der Waals surface area contributed by atoms with Gasteiger partial charge in [-0.15, -0.1) is 24.0 Å². The number of nitrogens with zero attached hydrogens (tertiary/aromatic N) is 3. The van der Waals surface area contributed by atoms with E-state index in [0.29, 0.717) is 5.92 Å². The number of aliphatic hydroxyl groups excluding tert-OH is 1. The van der Waals surface area contributed by atoms with Gasteiger partial charge >= 0.3 is 0 Å². The van der Waals surface area contributed by atoms with E-state index in [4.69, 9.17) is 0 Å². The van der Waals surface area contributed by atoms with Gasteiger partial charge < -0.3 is 15.3 Å². The molecule has 6 heteroatoms. The van der Waals surface area contributed by atoms with Crippen LogP contribution in [0.5, 0.6) is 0 Å². The second-order valence-electron chi connectivity index (χ2n) is 8.45. The molecule has 2 N–H and O–H groups in total. The molecule has 4 aliphatic rings. The van der Waals surface area contributed by atoms with Gasteiger partial charge in [0.25, 0.3) is 0 Å². The third-order valence-corrected chi connectivity index (χ3v) is 7.14. The molecule has 3 saturated carbocycles. The van der Waals surface area contributed by atoms with Crippen molar-refractivity contribution in [1.82, 2.24) is 15.1 Å². The van der Waals surface area contributed by atoms with Gasteiger partial charge in [-0.3, -0.25) is 9.89 Å². The fourth-order valence-corrected chi connectivity index (χ4v) is 5.73. The molecule has 2 bridgehead atoms. The second kappa shape index (κ2) is 8.74. The number of hydrogen-bond acceptors (Lipinski definition) is 3. The summed E-state index contributed by atoms with van der Waals surface area (Å²) in [4.78, 5) is 9.66. The number of aliphatic imine (C=N–C) groups is 1. The van der Waals surface area contributed by atoms with Crippen LogP contribution in [0.25, 0.3) is 0 Å².